The number of rotatable bonds is 4. The van der Waals surface area contributed by atoms with Gasteiger partial charge in [0.25, 0.3) is 0 Å². The number of thiol groups is 1. The van der Waals surface area contributed by atoms with Gasteiger partial charge in [0.1, 0.15) is 5.82 Å². The Balaban J connectivity index is 2.67. The Kier molecular flexibility index (Phi) is 3.76. The van der Waals surface area contributed by atoms with E-state index in [0.29, 0.717) is 18.0 Å². The molecule has 0 fully saturated rings. The molecule has 1 rings (SSSR count). The second-order valence-electron chi connectivity index (χ2n) is 3.01. The van der Waals surface area contributed by atoms with Crippen molar-refractivity contribution in [2.75, 3.05) is 11.5 Å². The summed E-state index contributed by atoms with van der Waals surface area (Å²) in [7, 11) is 0. The molecule has 1 aromatic rings. The first-order chi connectivity index (χ1) is 6.63. The lowest BCUT2D eigenvalue weighted by atomic mass is 10.0. The van der Waals surface area contributed by atoms with Crippen molar-refractivity contribution < 1.29 is 9.90 Å². The van der Waals surface area contributed by atoms with Crippen LogP contribution in [0, 0.1) is 5.92 Å². The fourth-order valence-corrected chi connectivity index (χ4v) is 1.36. The number of hydrogen-bond donors (Lipinski definition) is 3. The normalized spacial score (nSPS) is 12.4. The minimum absolute atomic E-state index is 0.319. The Morgan fingerprint density at radius 2 is 2.36 bits per heavy atom. The van der Waals surface area contributed by atoms with Crippen LogP contribution in [0.25, 0.3) is 0 Å². The molecule has 14 heavy (non-hydrogen) atoms. The van der Waals surface area contributed by atoms with E-state index >= 15 is 0 Å². The van der Waals surface area contributed by atoms with Crippen molar-refractivity contribution in [2.45, 2.75) is 6.42 Å². The van der Waals surface area contributed by atoms with E-state index in [0.717, 1.165) is 5.56 Å². The summed E-state index contributed by atoms with van der Waals surface area (Å²) in [4.78, 5) is 14.6. The van der Waals surface area contributed by atoms with Crippen LogP contribution in [0.5, 0.6) is 0 Å². The largest absolute Gasteiger partial charge is 0.481 e. The van der Waals surface area contributed by atoms with Gasteiger partial charge in [0.15, 0.2) is 0 Å². The van der Waals surface area contributed by atoms with Gasteiger partial charge >= 0.3 is 5.97 Å². The van der Waals surface area contributed by atoms with Crippen LogP contribution in [0.1, 0.15) is 5.56 Å². The Bertz CT molecular complexity index is 313. The van der Waals surface area contributed by atoms with Gasteiger partial charge in [-0.1, -0.05) is 6.07 Å². The van der Waals surface area contributed by atoms with Crippen LogP contribution in [0.2, 0.25) is 0 Å². The van der Waals surface area contributed by atoms with Gasteiger partial charge < -0.3 is 10.8 Å². The highest BCUT2D eigenvalue weighted by Crippen LogP contribution is 2.10. The zero-order valence-corrected chi connectivity index (χ0v) is 8.45. The summed E-state index contributed by atoms with van der Waals surface area (Å²) < 4.78 is 0. The van der Waals surface area contributed by atoms with Crippen LogP contribution in [0.4, 0.5) is 5.82 Å². The number of nitrogens with two attached hydrogens (primary N) is 1. The number of hydrogen-bond acceptors (Lipinski definition) is 4. The number of carboxylic acid groups (broad SMARTS) is 1. The van der Waals surface area contributed by atoms with Crippen LogP contribution in [0.3, 0.4) is 0 Å². The molecule has 0 aliphatic rings. The van der Waals surface area contributed by atoms with Crippen LogP contribution in [-0.2, 0) is 11.2 Å². The third-order valence-corrected chi connectivity index (χ3v) is 2.34. The average molecular weight is 212 g/mol. The lowest BCUT2D eigenvalue weighted by Crippen LogP contribution is -2.18. The summed E-state index contributed by atoms with van der Waals surface area (Å²) in [5.41, 5.74) is 6.27. The van der Waals surface area contributed by atoms with Crippen LogP contribution in [0.15, 0.2) is 18.3 Å². The Morgan fingerprint density at radius 1 is 1.64 bits per heavy atom. The Hall–Kier alpha value is -1.23. The molecule has 76 valence electrons. The van der Waals surface area contributed by atoms with Gasteiger partial charge in [0.05, 0.1) is 5.92 Å². The molecule has 4 nitrogen and oxygen atoms in total. The molecule has 1 unspecified atom stereocenters. The van der Waals surface area contributed by atoms with E-state index in [1.807, 2.05) is 0 Å². The standard InChI is InChI=1S/C9H12N2O2S/c10-8-2-1-6(4-11-8)3-7(5-14)9(12)13/h1-2,4,7,14H,3,5H2,(H2,10,11)(H,12,13). The summed E-state index contributed by atoms with van der Waals surface area (Å²) >= 11 is 3.98. The predicted molar refractivity (Wildman–Crippen MR) is 57.3 cm³/mol. The average Bonchev–Trinajstić information content (AvgIpc) is 2.16. The zero-order valence-electron chi connectivity index (χ0n) is 7.55. The lowest BCUT2D eigenvalue weighted by Gasteiger charge is -2.08. The maximum Gasteiger partial charge on any atom is 0.307 e. The quantitative estimate of drug-likeness (QED) is 0.646. The minimum Gasteiger partial charge on any atom is -0.481 e. The monoisotopic (exact) mass is 212 g/mol. The molecule has 1 aromatic heterocycles. The zero-order chi connectivity index (χ0) is 10.6. The van der Waals surface area contributed by atoms with Crippen LogP contribution < -0.4 is 5.73 Å². The van der Waals surface area contributed by atoms with E-state index in [1.54, 1.807) is 18.3 Å². The molecule has 0 saturated carbocycles. The molecule has 0 aliphatic heterocycles. The molecule has 0 saturated heterocycles. The Labute approximate surface area is 87.6 Å². The van der Waals surface area contributed by atoms with Gasteiger partial charge in [0.2, 0.25) is 0 Å². The highest BCUT2D eigenvalue weighted by molar-refractivity contribution is 7.80. The van der Waals surface area contributed by atoms with Gasteiger partial charge in [-0.15, -0.1) is 0 Å². The number of aromatic nitrogens is 1. The molecule has 0 spiro atoms. The summed E-state index contributed by atoms with van der Waals surface area (Å²) in [6.07, 6.45) is 2.03. The van der Waals surface area contributed by atoms with Gasteiger partial charge in [-0.05, 0) is 18.1 Å². The summed E-state index contributed by atoms with van der Waals surface area (Å²) in [6, 6.07) is 3.44. The van der Waals surface area contributed by atoms with Crippen LogP contribution in [-0.4, -0.2) is 21.8 Å². The highest BCUT2D eigenvalue weighted by Gasteiger charge is 2.15. The van der Waals surface area contributed by atoms with Gasteiger partial charge in [0, 0.05) is 11.9 Å². The smallest absolute Gasteiger partial charge is 0.307 e. The van der Waals surface area contributed by atoms with Crippen molar-refractivity contribution in [3.63, 3.8) is 0 Å². The maximum atomic E-state index is 10.7. The lowest BCUT2D eigenvalue weighted by molar-refractivity contribution is -0.140. The molecule has 1 heterocycles. The first-order valence-corrected chi connectivity index (χ1v) is 4.80. The maximum absolute atomic E-state index is 10.7. The Morgan fingerprint density at radius 3 is 2.79 bits per heavy atom. The summed E-state index contributed by atoms with van der Waals surface area (Å²) in [5.74, 6) is -0.549. The number of carbonyl (C=O) groups is 1. The van der Waals surface area contributed by atoms with Crippen molar-refractivity contribution in [3.8, 4) is 0 Å². The summed E-state index contributed by atoms with van der Waals surface area (Å²) in [5, 5.41) is 8.80. The number of aliphatic carboxylic acids is 1. The first kappa shape index (κ1) is 10.8. The fourth-order valence-electron chi connectivity index (χ4n) is 1.07. The van der Waals surface area contributed by atoms with Crippen molar-refractivity contribution in [2.24, 2.45) is 5.92 Å². The number of nitrogen functional groups attached to an aromatic ring is 1. The topological polar surface area (TPSA) is 76.2 Å². The number of nitrogens with zero attached hydrogens (tertiary/aromatic N) is 1. The molecule has 0 radical (unpaired) electrons. The molecule has 0 aromatic carbocycles. The molecule has 0 amide bonds. The second kappa shape index (κ2) is 4.85. The third kappa shape index (κ3) is 2.92. The predicted octanol–water partition coefficient (Wildman–Crippen LogP) is 0.837. The van der Waals surface area contributed by atoms with Gasteiger partial charge in [-0.25, -0.2) is 4.98 Å². The molecule has 1 atom stereocenters. The van der Waals surface area contributed by atoms with E-state index in [1.165, 1.54) is 0 Å². The molecule has 5 heteroatoms. The van der Waals surface area contributed by atoms with E-state index < -0.39 is 11.9 Å². The SMILES string of the molecule is Nc1ccc(CC(CS)C(=O)O)cn1. The van der Waals surface area contributed by atoms with Crippen molar-refractivity contribution in [1.82, 2.24) is 4.98 Å². The van der Waals surface area contributed by atoms with Crippen LogP contribution >= 0.6 is 12.6 Å². The van der Waals surface area contributed by atoms with E-state index in [9.17, 15) is 4.79 Å². The van der Waals surface area contributed by atoms with Crippen molar-refractivity contribution in [1.29, 1.82) is 0 Å². The van der Waals surface area contributed by atoms with E-state index in [-0.39, 0.29) is 0 Å². The molecule has 0 bridgehead atoms. The highest BCUT2D eigenvalue weighted by atomic mass is 32.1. The minimum atomic E-state index is -0.836. The van der Waals surface area contributed by atoms with E-state index in [4.69, 9.17) is 10.8 Å². The molecular weight excluding hydrogens is 200 g/mol. The summed E-state index contributed by atoms with van der Waals surface area (Å²) in [6.45, 7) is 0. The molecular formula is C9H12N2O2S. The number of carboxylic acids is 1. The van der Waals surface area contributed by atoms with Gasteiger partial charge in [-0.3, -0.25) is 4.79 Å². The number of anilines is 1. The first-order valence-electron chi connectivity index (χ1n) is 4.17. The van der Waals surface area contributed by atoms with Crippen molar-refractivity contribution in [3.05, 3.63) is 23.9 Å². The fraction of sp³-hybridized carbons (Fsp3) is 0.333. The molecule has 0 aliphatic carbocycles. The van der Waals surface area contributed by atoms with E-state index in [2.05, 4.69) is 17.6 Å². The molecule has 3 N–H and O–H groups in total. The second-order valence-corrected chi connectivity index (χ2v) is 3.38. The number of pyridine rings is 1. The third-order valence-electron chi connectivity index (χ3n) is 1.90. The van der Waals surface area contributed by atoms with Crippen molar-refractivity contribution >= 4 is 24.4 Å². The van der Waals surface area contributed by atoms with Gasteiger partial charge in [-0.2, -0.15) is 12.6 Å².